The number of guanidine groups is 1. The monoisotopic (exact) mass is 411 g/mol. The number of carbonyl (C=O) groups excluding carboxylic acids is 2. The van der Waals surface area contributed by atoms with Gasteiger partial charge in [0, 0.05) is 25.8 Å². The number of benzene rings is 2. The molecule has 9 heteroatoms. The molecule has 2 unspecified atom stereocenters. The van der Waals surface area contributed by atoms with Gasteiger partial charge in [-0.15, -0.1) is 0 Å². The van der Waals surface area contributed by atoms with Crippen LogP contribution in [0.1, 0.15) is 5.56 Å². The zero-order valence-electron chi connectivity index (χ0n) is 16.2. The maximum absolute atomic E-state index is 13.3. The molecule has 30 heavy (non-hydrogen) atoms. The van der Waals surface area contributed by atoms with E-state index in [0.29, 0.717) is 24.6 Å². The number of imide groups is 1. The second-order valence-electron chi connectivity index (χ2n) is 7.55. The number of carbonyl (C=O) groups is 2. The summed E-state index contributed by atoms with van der Waals surface area (Å²) in [5.41, 5.74) is 1.44. The van der Waals surface area contributed by atoms with Crippen LogP contribution in [0.2, 0.25) is 0 Å². The van der Waals surface area contributed by atoms with Gasteiger partial charge in [0.2, 0.25) is 5.96 Å². The van der Waals surface area contributed by atoms with Crippen LogP contribution in [0.4, 0.5) is 19.3 Å². The third-order valence-corrected chi connectivity index (χ3v) is 5.77. The highest BCUT2D eigenvalue weighted by Crippen LogP contribution is 2.33. The Balaban J connectivity index is 1.43. The number of hydrogen-bond donors (Lipinski definition) is 0. The van der Waals surface area contributed by atoms with Crippen LogP contribution >= 0.6 is 0 Å². The number of rotatable bonds is 3. The number of urea groups is 1. The number of fused-ring (bicyclic) bond motifs is 3. The first-order chi connectivity index (χ1) is 14.4. The predicted molar refractivity (Wildman–Crippen MR) is 106 cm³/mol. The van der Waals surface area contributed by atoms with Gasteiger partial charge in [-0.2, -0.15) is 0 Å². The Morgan fingerprint density at radius 1 is 0.967 bits per heavy atom. The lowest BCUT2D eigenvalue weighted by Gasteiger charge is -2.40. The molecule has 2 fully saturated rings. The van der Waals surface area contributed by atoms with Gasteiger partial charge in [-0.1, -0.05) is 12.1 Å². The SMILES string of the molecule is CN1C(=O)N(Cc2ccc(F)cc2)C(=O)C2C1N=C1N(c3ccc(F)cc3)CCN12. The molecule has 2 atom stereocenters. The van der Waals surface area contributed by atoms with Gasteiger partial charge < -0.3 is 14.7 Å². The summed E-state index contributed by atoms with van der Waals surface area (Å²) in [6.45, 7) is 1.24. The van der Waals surface area contributed by atoms with Gasteiger partial charge in [0.1, 0.15) is 11.6 Å². The Kier molecular flexibility index (Phi) is 4.19. The fraction of sp³-hybridized carbons (Fsp3) is 0.286. The summed E-state index contributed by atoms with van der Waals surface area (Å²) in [7, 11) is 1.62. The zero-order valence-corrected chi connectivity index (χ0v) is 16.2. The Labute approximate surface area is 171 Å². The normalized spacial score (nSPS) is 23.1. The molecule has 2 saturated heterocycles. The molecule has 0 saturated carbocycles. The van der Waals surface area contributed by atoms with Crippen LogP contribution in [-0.4, -0.2) is 64.9 Å². The van der Waals surface area contributed by atoms with E-state index < -0.39 is 18.2 Å². The summed E-state index contributed by atoms with van der Waals surface area (Å²) in [6, 6.07) is 10.8. The molecule has 3 aliphatic heterocycles. The van der Waals surface area contributed by atoms with Crippen molar-refractivity contribution in [3.8, 4) is 0 Å². The Bertz CT molecular complexity index is 1040. The van der Waals surface area contributed by atoms with E-state index in [1.165, 1.54) is 34.1 Å². The van der Waals surface area contributed by atoms with Gasteiger partial charge in [-0.3, -0.25) is 9.69 Å². The molecule has 3 aliphatic rings. The number of anilines is 1. The summed E-state index contributed by atoms with van der Waals surface area (Å²) in [5.74, 6) is -0.423. The molecule has 0 bridgehead atoms. The van der Waals surface area contributed by atoms with Crippen LogP contribution in [0.3, 0.4) is 0 Å². The van der Waals surface area contributed by atoms with Crippen LogP contribution in [0.25, 0.3) is 0 Å². The molecule has 3 heterocycles. The molecule has 0 aromatic heterocycles. The number of halogens is 2. The summed E-state index contributed by atoms with van der Waals surface area (Å²) in [4.78, 5) is 37.3. The smallest absolute Gasteiger partial charge is 0.325 e. The maximum atomic E-state index is 13.3. The van der Waals surface area contributed by atoms with Crippen molar-refractivity contribution in [1.82, 2.24) is 14.7 Å². The fourth-order valence-corrected chi connectivity index (χ4v) is 4.22. The first-order valence-electron chi connectivity index (χ1n) is 9.64. The minimum Gasteiger partial charge on any atom is -0.325 e. The van der Waals surface area contributed by atoms with Crippen molar-refractivity contribution in [3.63, 3.8) is 0 Å². The summed E-state index contributed by atoms with van der Waals surface area (Å²) in [5, 5.41) is 0. The fourth-order valence-electron chi connectivity index (χ4n) is 4.22. The summed E-state index contributed by atoms with van der Waals surface area (Å²) in [6.07, 6.45) is -0.618. The Morgan fingerprint density at radius 2 is 1.60 bits per heavy atom. The molecule has 7 nitrogen and oxygen atoms in total. The number of likely N-dealkylation sites (N-methyl/N-ethyl adjacent to an activating group) is 1. The second-order valence-corrected chi connectivity index (χ2v) is 7.55. The third-order valence-electron chi connectivity index (χ3n) is 5.77. The predicted octanol–water partition coefficient (Wildman–Crippen LogP) is 2.25. The van der Waals surface area contributed by atoms with E-state index in [4.69, 9.17) is 0 Å². The number of aliphatic imine (C=N–C) groups is 1. The Hall–Kier alpha value is -3.49. The van der Waals surface area contributed by atoms with Crippen molar-refractivity contribution in [2.75, 3.05) is 25.0 Å². The highest BCUT2D eigenvalue weighted by Gasteiger charge is 2.54. The Morgan fingerprint density at radius 3 is 2.27 bits per heavy atom. The van der Waals surface area contributed by atoms with E-state index in [-0.39, 0.29) is 24.1 Å². The molecule has 2 aromatic carbocycles. The van der Waals surface area contributed by atoms with Crippen molar-refractivity contribution in [2.45, 2.75) is 18.8 Å². The van der Waals surface area contributed by atoms with Crippen molar-refractivity contribution in [3.05, 3.63) is 65.7 Å². The van der Waals surface area contributed by atoms with Crippen molar-refractivity contribution >= 4 is 23.6 Å². The van der Waals surface area contributed by atoms with Crippen molar-refractivity contribution in [2.24, 2.45) is 4.99 Å². The minimum absolute atomic E-state index is 0.0658. The lowest BCUT2D eigenvalue weighted by Crippen LogP contribution is -2.64. The molecule has 5 rings (SSSR count). The number of nitrogens with zero attached hydrogens (tertiary/aromatic N) is 5. The molecule has 2 aromatic rings. The van der Waals surface area contributed by atoms with Crippen LogP contribution in [0.15, 0.2) is 53.5 Å². The maximum Gasteiger partial charge on any atom is 0.328 e. The van der Waals surface area contributed by atoms with E-state index in [2.05, 4.69) is 4.99 Å². The standard InChI is InChI=1S/C21H19F2N5O2/c1-25-18-17(19(29)28(21(25)30)12-13-2-4-14(22)5-3-13)27-11-10-26(20(27)24-18)16-8-6-15(23)7-9-16/h2-9,17-18H,10-12H2,1H3. The molecular weight excluding hydrogens is 392 g/mol. The average Bonchev–Trinajstić information content (AvgIpc) is 3.31. The highest BCUT2D eigenvalue weighted by molar-refractivity contribution is 6.07. The van der Waals surface area contributed by atoms with Gasteiger partial charge in [0.25, 0.3) is 5.91 Å². The number of amides is 3. The number of hydrogen-bond acceptors (Lipinski definition) is 5. The first kappa shape index (κ1) is 18.5. The second kappa shape index (κ2) is 6.79. The van der Waals surface area contributed by atoms with E-state index in [9.17, 15) is 18.4 Å². The first-order valence-corrected chi connectivity index (χ1v) is 9.64. The molecular formula is C21H19F2N5O2. The quantitative estimate of drug-likeness (QED) is 0.778. The van der Waals surface area contributed by atoms with E-state index in [0.717, 1.165) is 5.69 Å². The van der Waals surface area contributed by atoms with Crippen molar-refractivity contribution < 1.29 is 18.4 Å². The van der Waals surface area contributed by atoms with E-state index in [1.807, 2.05) is 9.80 Å². The topological polar surface area (TPSA) is 59.5 Å². The minimum atomic E-state index is -0.618. The molecule has 0 aliphatic carbocycles. The van der Waals surface area contributed by atoms with E-state index in [1.54, 1.807) is 31.3 Å². The third kappa shape index (κ3) is 2.80. The van der Waals surface area contributed by atoms with Gasteiger partial charge in [0.15, 0.2) is 12.2 Å². The van der Waals surface area contributed by atoms with Gasteiger partial charge in [0.05, 0.1) is 6.54 Å². The molecule has 3 amide bonds. The molecule has 0 radical (unpaired) electrons. The van der Waals surface area contributed by atoms with E-state index >= 15 is 0 Å². The van der Waals surface area contributed by atoms with Crippen LogP contribution < -0.4 is 4.90 Å². The van der Waals surface area contributed by atoms with Gasteiger partial charge in [-0.25, -0.2) is 18.6 Å². The highest BCUT2D eigenvalue weighted by atomic mass is 19.1. The lowest BCUT2D eigenvalue weighted by atomic mass is 10.1. The average molecular weight is 411 g/mol. The zero-order chi connectivity index (χ0) is 21.0. The van der Waals surface area contributed by atoms with Crippen LogP contribution in [0.5, 0.6) is 0 Å². The largest absolute Gasteiger partial charge is 0.328 e. The summed E-state index contributed by atoms with van der Waals surface area (Å²) >= 11 is 0. The van der Waals surface area contributed by atoms with Crippen LogP contribution in [-0.2, 0) is 11.3 Å². The lowest BCUT2D eigenvalue weighted by molar-refractivity contribution is -0.137. The molecule has 0 spiro atoms. The van der Waals surface area contributed by atoms with Gasteiger partial charge in [-0.05, 0) is 42.0 Å². The molecule has 154 valence electrons. The summed E-state index contributed by atoms with van der Waals surface area (Å²) < 4.78 is 26.5. The molecule has 0 N–H and O–H groups in total. The van der Waals surface area contributed by atoms with Gasteiger partial charge >= 0.3 is 6.03 Å². The van der Waals surface area contributed by atoms with Crippen LogP contribution in [0, 0.1) is 11.6 Å². The van der Waals surface area contributed by atoms with Crippen molar-refractivity contribution in [1.29, 1.82) is 0 Å².